The lowest BCUT2D eigenvalue weighted by Gasteiger charge is -2.25. The van der Waals surface area contributed by atoms with Gasteiger partial charge >= 0.3 is 0 Å². The molecule has 2 aromatic carbocycles. The fourth-order valence-corrected chi connectivity index (χ4v) is 4.02. The fraction of sp³-hybridized carbons (Fsp3) is 0.0833. The topological polar surface area (TPSA) is 93.1 Å². The van der Waals surface area contributed by atoms with Gasteiger partial charge in [0.05, 0.1) is 18.9 Å². The van der Waals surface area contributed by atoms with Crippen molar-refractivity contribution in [3.8, 4) is 5.75 Å². The second kappa shape index (κ2) is 7.62. The van der Waals surface area contributed by atoms with Crippen molar-refractivity contribution in [1.82, 2.24) is 0 Å². The summed E-state index contributed by atoms with van der Waals surface area (Å²) in [6, 6.07) is 15.5. The first-order valence-corrected chi connectivity index (χ1v) is 10.0. The average molecular weight is 450 g/mol. The van der Waals surface area contributed by atoms with Crippen LogP contribution in [0.5, 0.6) is 5.75 Å². The molecule has 0 fully saturated rings. The molecule has 1 amide bonds. The number of Topliss-reactive ketones (excluding diaryl/α,β-unsaturated/α-hetero) is 1. The van der Waals surface area contributed by atoms with Gasteiger partial charge in [0.25, 0.3) is 5.91 Å². The molecule has 4 aromatic rings. The molecule has 1 N–H and O–H groups in total. The summed E-state index contributed by atoms with van der Waals surface area (Å²) in [5, 5.41) is 11.9. The number of methoxy groups -OCH3 is 1. The smallest absolute Gasteiger partial charge is 0.294 e. The van der Waals surface area contributed by atoms with Crippen molar-refractivity contribution in [2.24, 2.45) is 0 Å². The third kappa shape index (κ3) is 3.14. The van der Waals surface area contributed by atoms with Gasteiger partial charge in [0.15, 0.2) is 11.5 Å². The number of carbonyl (C=O) groups is 2. The van der Waals surface area contributed by atoms with Gasteiger partial charge in [-0.1, -0.05) is 17.7 Å². The number of nitrogens with zero attached hydrogens (tertiary/aromatic N) is 1. The van der Waals surface area contributed by atoms with Crippen molar-refractivity contribution in [2.75, 3.05) is 12.0 Å². The fourth-order valence-electron chi connectivity index (χ4n) is 3.84. The van der Waals surface area contributed by atoms with E-state index in [-0.39, 0.29) is 11.3 Å². The summed E-state index contributed by atoms with van der Waals surface area (Å²) in [7, 11) is 1.51. The van der Waals surface area contributed by atoms with E-state index in [1.165, 1.54) is 24.3 Å². The van der Waals surface area contributed by atoms with E-state index in [0.717, 1.165) is 0 Å². The molecule has 8 heteroatoms. The lowest BCUT2D eigenvalue weighted by Crippen LogP contribution is -2.30. The number of hydrogen-bond acceptors (Lipinski definition) is 6. The Balaban J connectivity index is 1.63. The molecule has 1 aliphatic heterocycles. The second-order valence-electron chi connectivity index (χ2n) is 7.18. The Morgan fingerprint density at radius 2 is 1.97 bits per heavy atom. The number of amides is 1. The van der Waals surface area contributed by atoms with Crippen LogP contribution in [0.25, 0.3) is 11.0 Å². The van der Waals surface area contributed by atoms with Crippen LogP contribution in [0.3, 0.4) is 0 Å². The summed E-state index contributed by atoms with van der Waals surface area (Å²) in [6.45, 7) is 0. The largest absolute Gasteiger partial charge is 0.503 e. The van der Waals surface area contributed by atoms with Gasteiger partial charge in [0, 0.05) is 22.2 Å². The minimum absolute atomic E-state index is 0.0272. The van der Waals surface area contributed by atoms with Gasteiger partial charge < -0.3 is 18.7 Å². The van der Waals surface area contributed by atoms with Crippen molar-refractivity contribution in [1.29, 1.82) is 0 Å². The van der Waals surface area contributed by atoms with Crippen molar-refractivity contribution in [2.45, 2.75) is 6.04 Å². The number of ether oxygens (including phenoxy) is 1. The molecule has 0 spiro atoms. The predicted octanol–water partition coefficient (Wildman–Crippen LogP) is 5.47. The number of hydrogen-bond donors (Lipinski definition) is 1. The minimum atomic E-state index is -0.992. The maximum Gasteiger partial charge on any atom is 0.294 e. The summed E-state index contributed by atoms with van der Waals surface area (Å²) in [5.74, 6) is -1.23. The molecule has 0 saturated heterocycles. The van der Waals surface area contributed by atoms with E-state index in [1.54, 1.807) is 54.6 Å². The number of aliphatic hydroxyl groups is 1. The normalized spacial score (nSPS) is 16.2. The van der Waals surface area contributed by atoms with Crippen LogP contribution in [0.1, 0.15) is 22.4 Å². The molecular formula is C24H16ClNO6. The zero-order valence-corrected chi connectivity index (χ0v) is 17.5. The number of halogens is 1. The first-order chi connectivity index (χ1) is 15.5. The standard InChI is InChI=1S/C24H16ClNO6/c1-30-16-5-2-4-15(12-16)26-21(18-6-3-9-31-18)20(23(28)24(26)29)22(27)19-11-13-10-14(25)7-8-17(13)32-19/h2-12,21,28H,1H3. The van der Waals surface area contributed by atoms with Crippen LogP contribution < -0.4 is 9.64 Å². The molecule has 3 heterocycles. The number of rotatable bonds is 5. The van der Waals surface area contributed by atoms with Gasteiger partial charge in [-0.05, 0) is 48.5 Å². The van der Waals surface area contributed by atoms with E-state index in [1.807, 2.05) is 0 Å². The Morgan fingerprint density at radius 3 is 2.72 bits per heavy atom. The summed E-state index contributed by atoms with van der Waals surface area (Å²) >= 11 is 6.03. The highest BCUT2D eigenvalue weighted by atomic mass is 35.5. The molecule has 32 heavy (non-hydrogen) atoms. The van der Waals surface area contributed by atoms with Gasteiger partial charge in [0.1, 0.15) is 23.1 Å². The van der Waals surface area contributed by atoms with Crippen LogP contribution in [0, 0.1) is 0 Å². The molecule has 1 unspecified atom stereocenters. The summed E-state index contributed by atoms with van der Waals surface area (Å²) in [5.41, 5.74) is 0.751. The minimum Gasteiger partial charge on any atom is -0.503 e. The number of benzene rings is 2. The van der Waals surface area contributed by atoms with Crippen LogP contribution in [0.4, 0.5) is 5.69 Å². The molecular weight excluding hydrogens is 434 g/mol. The quantitative estimate of drug-likeness (QED) is 0.406. The van der Waals surface area contributed by atoms with Gasteiger partial charge in [-0.25, -0.2) is 0 Å². The summed E-state index contributed by atoms with van der Waals surface area (Å²) in [4.78, 5) is 27.9. The first-order valence-electron chi connectivity index (χ1n) is 9.66. The van der Waals surface area contributed by atoms with Crippen LogP contribution in [0.15, 0.2) is 87.1 Å². The van der Waals surface area contributed by atoms with Crippen LogP contribution in [0.2, 0.25) is 5.02 Å². The Morgan fingerprint density at radius 1 is 1.12 bits per heavy atom. The van der Waals surface area contributed by atoms with E-state index in [0.29, 0.717) is 33.2 Å². The van der Waals surface area contributed by atoms with Crippen LogP contribution in [-0.4, -0.2) is 23.9 Å². The number of aliphatic hydroxyl groups excluding tert-OH is 1. The second-order valence-corrected chi connectivity index (χ2v) is 7.62. The zero-order valence-electron chi connectivity index (χ0n) is 16.7. The highest BCUT2D eigenvalue weighted by molar-refractivity contribution is 6.31. The van der Waals surface area contributed by atoms with E-state index in [4.69, 9.17) is 25.2 Å². The van der Waals surface area contributed by atoms with E-state index >= 15 is 0 Å². The number of furan rings is 2. The monoisotopic (exact) mass is 449 g/mol. The zero-order chi connectivity index (χ0) is 22.4. The Bertz CT molecular complexity index is 1380. The number of ketones is 1. The van der Waals surface area contributed by atoms with E-state index in [2.05, 4.69) is 0 Å². The number of carbonyl (C=O) groups excluding carboxylic acids is 2. The van der Waals surface area contributed by atoms with Crippen molar-refractivity contribution in [3.63, 3.8) is 0 Å². The van der Waals surface area contributed by atoms with Crippen molar-refractivity contribution in [3.05, 3.63) is 94.8 Å². The van der Waals surface area contributed by atoms with E-state index < -0.39 is 23.5 Å². The van der Waals surface area contributed by atoms with Gasteiger partial charge in [-0.3, -0.25) is 14.5 Å². The molecule has 0 saturated carbocycles. The average Bonchev–Trinajstić information content (AvgIpc) is 3.52. The SMILES string of the molecule is COc1cccc(N2C(=O)C(O)=C(C(=O)c3cc4cc(Cl)ccc4o3)C2c2ccco2)c1. The van der Waals surface area contributed by atoms with Crippen molar-refractivity contribution < 1.29 is 28.3 Å². The predicted molar refractivity (Wildman–Crippen MR) is 117 cm³/mol. The van der Waals surface area contributed by atoms with E-state index in [9.17, 15) is 14.7 Å². The Kier molecular flexibility index (Phi) is 4.75. The van der Waals surface area contributed by atoms with Gasteiger partial charge in [-0.2, -0.15) is 0 Å². The lowest BCUT2D eigenvalue weighted by atomic mass is 9.99. The number of anilines is 1. The lowest BCUT2D eigenvalue weighted by molar-refractivity contribution is -0.117. The Hall–Kier alpha value is -3.97. The molecule has 2 aromatic heterocycles. The molecule has 0 radical (unpaired) electrons. The molecule has 160 valence electrons. The molecule has 1 aliphatic rings. The summed E-state index contributed by atoms with van der Waals surface area (Å²) < 4.78 is 16.5. The van der Waals surface area contributed by atoms with Crippen LogP contribution in [-0.2, 0) is 4.79 Å². The third-order valence-electron chi connectivity index (χ3n) is 5.30. The highest BCUT2D eigenvalue weighted by Gasteiger charge is 2.46. The van der Waals surface area contributed by atoms with Gasteiger partial charge in [0.2, 0.25) is 5.78 Å². The Labute approximate surface area is 187 Å². The summed E-state index contributed by atoms with van der Waals surface area (Å²) in [6.07, 6.45) is 1.43. The maximum absolute atomic E-state index is 13.5. The van der Waals surface area contributed by atoms with Crippen LogP contribution >= 0.6 is 11.6 Å². The molecule has 1 atom stereocenters. The molecule has 0 bridgehead atoms. The molecule has 5 rings (SSSR count). The first kappa shape index (κ1) is 20.0. The molecule has 7 nitrogen and oxygen atoms in total. The van der Waals surface area contributed by atoms with Crippen molar-refractivity contribution >= 4 is 39.9 Å². The van der Waals surface area contributed by atoms with Gasteiger partial charge in [-0.15, -0.1) is 0 Å². The maximum atomic E-state index is 13.5. The third-order valence-corrected chi connectivity index (χ3v) is 5.53. The highest BCUT2D eigenvalue weighted by Crippen LogP contribution is 2.43. The molecule has 0 aliphatic carbocycles. The number of fused-ring (bicyclic) bond motifs is 1.